The summed E-state index contributed by atoms with van der Waals surface area (Å²) in [6, 6.07) is 18.9. The van der Waals surface area contributed by atoms with Gasteiger partial charge in [-0.25, -0.2) is 0 Å². The highest BCUT2D eigenvalue weighted by atomic mass is 35.5. The molecule has 0 aromatic heterocycles. The number of benzene rings is 3. The molecule has 1 aliphatic rings. The minimum absolute atomic E-state index is 0.266. The molecule has 0 radical (unpaired) electrons. The van der Waals surface area contributed by atoms with Crippen LogP contribution in [0, 0.1) is 0 Å². The van der Waals surface area contributed by atoms with Crippen LogP contribution in [-0.2, 0) is 15.2 Å². The number of hydrogen-bond donors (Lipinski definition) is 1. The van der Waals surface area contributed by atoms with Crippen LogP contribution in [0.1, 0.15) is 25.3 Å². The Kier molecular flexibility index (Phi) is 5.50. The molecule has 3 aromatic rings. The SMILES string of the molecule is CC(=O)CC1(O)C(=O)N(CCCOc2cccc3ccccc23)c2c(Cl)cccc21. The fraction of sp³-hybridized carbons (Fsp3) is 0.250. The second-order valence-electron chi connectivity index (χ2n) is 7.51. The number of aliphatic hydroxyl groups is 1. The number of ketones is 1. The third kappa shape index (κ3) is 3.55. The second kappa shape index (κ2) is 8.09. The first-order valence-electron chi connectivity index (χ1n) is 9.85. The van der Waals surface area contributed by atoms with Crippen LogP contribution in [0.2, 0.25) is 5.02 Å². The van der Waals surface area contributed by atoms with Gasteiger partial charge in [-0.3, -0.25) is 9.59 Å². The van der Waals surface area contributed by atoms with E-state index in [1.54, 1.807) is 18.2 Å². The number of amides is 1. The Balaban J connectivity index is 1.50. The molecule has 0 bridgehead atoms. The van der Waals surface area contributed by atoms with Crippen LogP contribution in [0.5, 0.6) is 5.75 Å². The number of Topliss-reactive ketones (excluding diaryl/α,β-unsaturated/α-hetero) is 1. The first kappa shape index (κ1) is 20.4. The van der Waals surface area contributed by atoms with E-state index in [-0.39, 0.29) is 12.2 Å². The van der Waals surface area contributed by atoms with Crippen molar-refractivity contribution in [3.8, 4) is 5.75 Å². The van der Waals surface area contributed by atoms with Gasteiger partial charge in [0.05, 0.1) is 17.3 Å². The molecule has 0 aliphatic carbocycles. The number of halogens is 1. The van der Waals surface area contributed by atoms with Crippen molar-refractivity contribution in [2.45, 2.75) is 25.4 Å². The van der Waals surface area contributed by atoms with Crippen LogP contribution >= 0.6 is 11.6 Å². The summed E-state index contributed by atoms with van der Waals surface area (Å²) < 4.78 is 5.96. The number of nitrogens with zero attached hydrogens (tertiary/aromatic N) is 1. The van der Waals surface area contributed by atoms with Gasteiger partial charge in [0.15, 0.2) is 5.60 Å². The highest BCUT2D eigenvalue weighted by molar-refractivity contribution is 6.35. The van der Waals surface area contributed by atoms with E-state index in [1.165, 1.54) is 11.8 Å². The van der Waals surface area contributed by atoms with Gasteiger partial charge in [0.25, 0.3) is 5.91 Å². The van der Waals surface area contributed by atoms with E-state index in [0.717, 1.165) is 16.5 Å². The van der Waals surface area contributed by atoms with Crippen LogP contribution in [0.25, 0.3) is 10.8 Å². The predicted molar refractivity (Wildman–Crippen MR) is 117 cm³/mol. The minimum atomic E-state index is -1.87. The maximum Gasteiger partial charge on any atom is 0.264 e. The fourth-order valence-electron chi connectivity index (χ4n) is 4.03. The molecule has 0 spiro atoms. The summed E-state index contributed by atoms with van der Waals surface area (Å²) in [5, 5.41) is 13.5. The Hall–Kier alpha value is -2.89. The Morgan fingerprint density at radius 2 is 1.83 bits per heavy atom. The maximum atomic E-state index is 13.0. The van der Waals surface area contributed by atoms with Gasteiger partial charge in [0.2, 0.25) is 0 Å². The van der Waals surface area contributed by atoms with E-state index in [0.29, 0.717) is 35.8 Å². The molecule has 1 amide bonds. The maximum absolute atomic E-state index is 13.0. The number of rotatable bonds is 7. The summed E-state index contributed by atoms with van der Waals surface area (Å²) in [5.74, 6) is -0.00348. The molecule has 3 aromatic carbocycles. The molecule has 4 rings (SSSR count). The standard InChI is InChI=1S/C24H22ClNO4/c1-16(27)15-24(29)19-10-5-11-20(25)22(19)26(23(24)28)13-6-14-30-21-12-4-8-17-7-2-3-9-18(17)21/h2-5,7-12,29H,6,13-15H2,1H3. The van der Waals surface area contributed by atoms with Gasteiger partial charge in [-0.05, 0) is 30.9 Å². The molecule has 30 heavy (non-hydrogen) atoms. The highest BCUT2D eigenvalue weighted by Gasteiger charge is 2.50. The quantitative estimate of drug-likeness (QED) is 0.569. The average Bonchev–Trinajstić information content (AvgIpc) is 2.93. The molecule has 154 valence electrons. The van der Waals surface area contributed by atoms with Crippen molar-refractivity contribution >= 4 is 39.8 Å². The van der Waals surface area contributed by atoms with Gasteiger partial charge in [0, 0.05) is 23.9 Å². The lowest BCUT2D eigenvalue weighted by Gasteiger charge is -2.22. The van der Waals surface area contributed by atoms with Crippen molar-refractivity contribution in [1.82, 2.24) is 0 Å². The van der Waals surface area contributed by atoms with Crippen molar-refractivity contribution in [3.05, 3.63) is 71.2 Å². The van der Waals surface area contributed by atoms with Crippen LogP contribution in [0.3, 0.4) is 0 Å². The van der Waals surface area contributed by atoms with Gasteiger partial charge in [-0.1, -0.05) is 60.1 Å². The monoisotopic (exact) mass is 423 g/mol. The number of para-hydroxylation sites is 1. The molecule has 6 heteroatoms. The van der Waals surface area contributed by atoms with Crippen LogP contribution in [0.15, 0.2) is 60.7 Å². The van der Waals surface area contributed by atoms with Gasteiger partial charge >= 0.3 is 0 Å². The summed E-state index contributed by atoms with van der Waals surface area (Å²) in [7, 11) is 0. The number of fused-ring (bicyclic) bond motifs is 2. The molecule has 1 atom stereocenters. The summed E-state index contributed by atoms with van der Waals surface area (Å²) in [6.45, 7) is 2.07. The number of ether oxygens (including phenoxy) is 1. The minimum Gasteiger partial charge on any atom is -0.493 e. The fourth-order valence-corrected chi connectivity index (χ4v) is 4.31. The van der Waals surface area contributed by atoms with Crippen LogP contribution in [-0.4, -0.2) is 29.9 Å². The number of carbonyl (C=O) groups excluding carboxylic acids is 2. The Bertz CT molecular complexity index is 1120. The summed E-state index contributed by atoms with van der Waals surface area (Å²) in [4.78, 5) is 26.2. The third-order valence-electron chi connectivity index (χ3n) is 5.34. The lowest BCUT2D eigenvalue weighted by molar-refractivity contribution is -0.141. The smallest absolute Gasteiger partial charge is 0.264 e. The predicted octanol–water partition coefficient (Wildman–Crippen LogP) is 4.48. The first-order valence-corrected chi connectivity index (χ1v) is 10.2. The van der Waals surface area contributed by atoms with Crippen molar-refractivity contribution in [2.75, 3.05) is 18.1 Å². The molecule has 1 N–H and O–H groups in total. The number of carbonyl (C=O) groups is 2. The Morgan fingerprint density at radius 3 is 2.63 bits per heavy atom. The summed E-state index contributed by atoms with van der Waals surface area (Å²) >= 11 is 6.35. The van der Waals surface area contributed by atoms with Gasteiger partial charge in [-0.15, -0.1) is 0 Å². The summed E-state index contributed by atoms with van der Waals surface area (Å²) in [5.41, 5.74) is -1.02. The zero-order chi connectivity index (χ0) is 21.3. The normalized spacial score (nSPS) is 18.0. The van der Waals surface area contributed by atoms with E-state index < -0.39 is 11.5 Å². The van der Waals surface area contributed by atoms with E-state index in [9.17, 15) is 14.7 Å². The molecule has 0 fully saturated rings. The Labute approximate surface area is 179 Å². The zero-order valence-corrected chi connectivity index (χ0v) is 17.4. The van der Waals surface area contributed by atoms with E-state index in [2.05, 4.69) is 0 Å². The molecule has 1 unspecified atom stereocenters. The van der Waals surface area contributed by atoms with Crippen molar-refractivity contribution in [2.24, 2.45) is 0 Å². The van der Waals surface area contributed by atoms with Gasteiger partial charge in [-0.2, -0.15) is 0 Å². The number of hydrogen-bond acceptors (Lipinski definition) is 4. The van der Waals surface area contributed by atoms with Gasteiger partial charge in [0.1, 0.15) is 11.5 Å². The topological polar surface area (TPSA) is 66.8 Å². The van der Waals surface area contributed by atoms with Crippen molar-refractivity contribution in [1.29, 1.82) is 0 Å². The third-order valence-corrected chi connectivity index (χ3v) is 5.64. The Morgan fingerprint density at radius 1 is 1.10 bits per heavy atom. The van der Waals surface area contributed by atoms with Crippen molar-refractivity contribution < 1.29 is 19.4 Å². The van der Waals surface area contributed by atoms with Crippen LogP contribution in [0.4, 0.5) is 5.69 Å². The van der Waals surface area contributed by atoms with Crippen molar-refractivity contribution in [3.63, 3.8) is 0 Å². The van der Waals surface area contributed by atoms with E-state index >= 15 is 0 Å². The molecule has 0 saturated heterocycles. The summed E-state index contributed by atoms with van der Waals surface area (Å²) in [6.07, 6.45) is 0.262. The van der Waals surface area contributed by atoms with E-state index in [4.69, 9.17) is 16.3 Å². The zero-order valence-electron chi connectivity index (χ0n) is 16.6. The highest BCUT2D eigenvalue weighted by Crippen LogP contribution is 2.46. The largest absolute Gasteiger partial charge is 0.493 e. The molecule has 5 nitrogen and oxygen atoms in total. The van der Waals surface area contributed by atoms with E-state index in [1.807, 2.05) is 42.5 Å². The first-order chi connectivity index (χ1) is 14.4. The number of anilines is 1. The van der Waals surface area contributed by atoms with Gasteiger partial charge < -0.3 is 14.7 Å². The van der Waals surface area contributed by atoms with Crippen LogP contribution < -0.4 is 9.64 Å². The molecular formula is C24H22ClNO4. The average molecular weight is 424 g/mol. The molecule has 0 saturated carbocycles. The lowest BCUT2D eigenvalue weighted by atomic mass is 9.90. The second-order valence-corrected chi connectivity index (χ2v) is 7.92. The lowest BCUT2D eigenvalue weighted by Crippen LogP contribution is -2.42. The molecule has 1 heterocycles. The molecular weight excluding hydrogens is 402 g/mol. The molecule has 1 aliphatic heterocycles.